The quantitative estimate of drug-likeness (QED) is 0.527. The summed E-state index contributed by atoms with van der Waals surface area (Å²) in [6.45, 7) is 2.63. The molecule has 0 aromatic rings. The molecule has 7 nitrogen and oxygen atoms in total. The molecule has 0 aliphatic carbocycles. The highest BCUT2D eigenvalue weighted by atomic mass is 16.8. The monoisotopic (exact) mass is 274 g/mol. The van der Waals surface area contributed by atoms with Crippen molar-refractivity contribution in [3.05, 3.63) is 0 Å². The topological polar surface area (TPSA) is 80.3 Å². The summed E-state index contributed by atoms with van der Waals surface area (Å²) in [5.41, 5.74) is 0. The van der Waals surface area contributed by atoms with Gasteiger partial charge in [-0.15, -0.1) is 0 Å². The molecule has 0 saturated carbocycles. The minimum Gasteiger partial charge on any atom is -0.457 e. The van der Waals surface area contributed by atoms with Gasteiger partial charge in [0.1, 0.15) is 12.2 Å². The molecule has 0 spiro atoms. The Morgan fingerprint density at radius 1 is 1.16 bits per heavy atom. The van der Waals surface area contributed by atoms with Crippen LogP contribution in [0.3, 0.4) is 0 Å². The molecule has 0 aromatic carbocycles. The van der Waals surface area contributed by atoms with Gasteiger partial charge in [-0.25, -0.2) is 0 Å². The SMILES string of the molecule is CO[C@H]1[C@H](OC(C)=O)[C@H]2C[C@@](OC)(OC(C)=O)[C@@H]1O2. The van der Waals surface area contributed by atoms with Crippen molar-refractivity contribution in [2.24, 2.45) is 0 Å². The Kier molecular flexibility index (Phi) is 3.80. The fourth-order valence-electron chi connectivity index (χ4n) is 2.82. The van der Waals surface area contributed by atoms with Crippen LogP contribution in [0.25, 0.3) is 0 Å². The van der Waals surface area contributed by atoms with Gasteiger partial charge in [0.2, 0.25) is 5.79 Å². The van der Waals surface area contributed by atoms with Gasteiger partial charge in [-0.2, -0.15) is 0 Å². The zero-order chi connectivity index (χ0) is 14.2. The minimum atomic E-state index is -1.17. The molecule has 2 aliphatic heterocycles. The van der Waals surface area contributed by atoms with Gasteiger partial charge in [0.05, 0.1) is 0 Å². The lowest BCUT2D eigenvalue weighted by Crippen LogP contribution is -2.57. The summed E-state index contributed by atoms with van der Waals surface area (Å²) in [5.74, 6) is -2.04. The number of methoxy groups -OCH3 is 2. The first-order chi connectivity index (χ1) is 8.93. The van der Waals surface area contributed by atoms with Gasteiger partial charge in [-0.3, -0.25) is 9.59 Å². The Bertz CT molecular complexity index is 382. The van der Waals surface area contributed by atoms with E-state index < -0.39 is 42.1 Å². The van der Waals surface area contributed by atoms with Gasteiger partial charge in [-0.05, 0) is 0 Å². The second-order valence-electron chi connectivity index (χ2n) is 4.68. The lowest BCUT2D eigenvalue weighted by atomic mass is 9.89. The number of hydrogen-bond donors (Lipinski definition) is 0. The first-order valence-corrected chi connectivity index (χ1v) is 6.03. The normalized spacial score (nSPS) is 40.2. The van der Waals surface area contributed by atoms with E-state index in [9.17, 15) is 9.59 Å². The van der Waals surface area contributed by atoms with Crippen LogP contribution in [-0.2, 0) is 33.3 Å². The average Bonchev–Trinajstić information content (AvgIpc) is 2.83. The lowest BCUT2D eigenvalue weighted by Gasteiger charge is -2.38. The van der Waals surface area contributed by atoms with Crippen molar-refractivity contribution in [1.29, 1.82) is 0 Å². The minimum absolute atomic E-state index is 0.311. The van der Waals surface area contributed by atoms with E-state index in [4.69, 9.17) is 23.7 Å². The van der Waals surface area contributed by atoms with Gasteiger partial charge in [0.15, 0.2) is 12.2 Å². The third-order valence-electron chi connectivity index (χ3n) is 3.47. The molecule has 2 aliphatic rings. The summed E-state index contributed by atoms with van der Waals surface area (Å²) >= 11 is 0. The third kappa shape index (κ3) is 2.33. The molecule has 7 heteroatoms. The first kappa shape index (κ1) is 14.2. The molecule has 2 saturated heterocycles. The van der Waals surface area contributed by atoms with E-state index in [1.54, 1.807) is 0 Å². The molecule has 0 aromatic heterocycles. The molecule has 0 N–H and O–H groups in total. The van der Waals surface area contributed by atoms with Crippen molar-refractivity contribution < 1.29 is 33.3 Å². The van der Waals surface area contributed by atoms with Crippen molar-refractivity contribution in [2.75, 3.05) is 14.2 Å². The third-order valence-corrected chi connectivity index (χ3v) is 3.47. The van der Waals surface area contributed by atoms with Gasteiger partial charge in [0, 0.05) is 34.5 Å². The maximum Gasteiger partial charge on any atom is 0.305 e. The van der Waals surface area contributed by atoms with E-state index in [1.165, 1.54) is 28.1 Å². The molecule has 5 atom stereocenters. The number of carbonyl (C=O) groups excluding carboxylic acids is 2. The fourth-order valence-corrected chi connectivity index (χ4v) is 2.82. The zero-order valence-electron chi connectivity index (χ0n) is 11.4. The number of carbonyl (C=O) groups is 2. The van der Waals surface area contributed by atoms with Crippen LogP contribution in [0.15, 0.2) is 0 Å². The standard InChI is InChI=1S/C12H18O7/c1-6(13)17-9-8-5-12(16-4,19-7(2)14)11(18-8)10(9)15-3/h8-11H,5H2,1-4H3/t8-,9-,10+,11-,12-/m1/s1. The summed E-state index contributed by atoms with van der Waals surface area (Å²) < 4.78 is 26.8. The summed E-state index contributed by atoms with van der Waals surface area (Å²) in [4.78, 5) is 22.3. The zero-order valence-corrected chi connectivity index (χ0v) is 11.4. The maximum atomic E-state index is 11.2. The van der Waals surface area contributed by atoms with Crippen molar-refractivity contribution in [3.8, 4) is 0 Å². The molecular weight excluding hydrogens is 256 g/mol. The number of hydrogen-bond acceptors (Lipinski definition) is 7. The highest BCUT2D eigenvalue weighted by Crippen LogP contribution is 2.47. The van der Waals surface area contributed by atoms with Crippen LogP contribution in [0.2, 0.25) is 0 Å². The van der Waals surface area contributed by atoms with Crippen LogP contribution >= 0.6 is 0 Å². The van der Waals surface area contributed by atoms with Crippen LogP contribution in [0, 0.1) is 0 Å². The van der Waals surface area contributed by atoms with E-state index in [-0.39, 0.29) is 0 Å². The largest absolute Gasteiger partial charge is 0.457 e. The van der Waals surface area contributed by atoms with Crippen LogP contribution < -0.4 is 0 Å². The maximum absolute atomic E-state index is 11.2. The van der Waals surface area contributed by atoms with Crippen LogP contribution in [0.1, 0.15) is 20.3 Å². The summed E-state index contributed by atoms with van der Waals surface area (Å²) in [5, 5.41) is 0. The second kappa shape index (κ2) is 5.07. The molecular formula is C12H18O7. The number of rotatable bonds is 4. The van der Waals surface area contributed by atoms with Crippen LogP contribution in [0.5, 0.6) is 0 Å². The highest BCUT2D eigenvalue weighted by molar-refractivity contribution is 5.67. The van der Waals surface area contributed by atoms with Crippen molar-refractivity contribution in [3.63, 3.8) is 0 Å². The summed E-state index contributed by atoms with van der Waals surface area (Å²) in [7, 11) is 2.93. The predicted molar refractivity (Wildman–Crippen MR) is 61.1 cm³/mol. The van der Waals surface area contributed by atoms with E-state index in [0.29, 0.717) is 6.42 Å². The average molecular weight is 274 g/mol. The van der Waals surface area contributed by atoms with Gasteiger partial charge in [0.25, 0.3) is 0 Å². The number of esters is 2. The fraction of sp³-hybridized carbons (Fsp3) is 0.833. The van der Waals surface area contributed by atoms with Gasteiger partial charge < -0.3 is 23.7 Å². The first-order valence-electron chi connectivity index (χ1n) is 6.03. The van der Waals surface area contributed by atoms with E-state index in [2.05, 4.69) is 0 Å². The summed E-state index contributed by atoms with van der Waals surface area (Å²) in [6, 6.07) is 0. The Hall–Kier alpha value is -1.18. The molecule has 108 valence electrons. The highest BCUT2D eigenvalue weighted by Gasteiger charge is 2.66. The number of ether oxygens (including phenoxy) is 5. The van der Waals surface area contributed by atoms with E-state index >= 15 is 0 Å². The Balaban J connectivity index is 2.20. The Morgan fingerprint density at radius 2 is 1.84 bits per heavy atom. The Labute approximate surface area is 111 Å². The predicted octanol–water partition coefficient (Wildman–Crippen LogP) is 0.01000. The molecule has 0 unspecified atom stereocenters. The lowest BCUT2D eigenvalue weighted by molar-refractivity contribution is -0.257. The molecule has 2 rings (SSSR count). The van der Waals surface area contributed by atoms with Gasteiger partial charge >= 0.3 is 11.9 Å². The van der Waals surface area contributed by atoms with Crippen LogP contribution in [0.4, 0.5) is 0 Å². The molecule has 0 amide bonds. The summed E-state index contributed by atoms with van der Waals surface area (Å²) in [6.07, 6.45) is -1.74. The van der Waals surface area contributed by atoms with Crippen molar-refractivity contribution in [2.45, 2.75) is 50.5 Å². The molecule has 2 heterocycles. The second-order valence-corrected chi connectivity index (χ2v) is 4.68. The molecule has 2 bridgehead atoms. The van der Waals surface area contributed by atoms with E-state index in [1.807, 2.05) is 0 Å². The molecule has 2 fully saturated rings. The molecule has 0 radical (unpaired) electrons. The van der Waals surface area contributed by atoms with Crippen molar-refractivity contribution in [1.82, 2.24) is 0 Å². The smallest absolute Gasteiger partial charge is 0.305 e. The van der Waals surface area contributed by atoms with Crippen LogP contribution in [-0.4, -0.2) is 56.4 Å². The van der Waals surface area contributed by atoms with Crippen molar-refractivity contribution >= 4 is 11.9 Å². The van der Waals surface area contributed by atoms with E-state index in [0.717, 1.165) is 0 Å². The molecule has 19 heavy (non-hydrogen) atoms. The Morgan fingerprint density at radius 3 is 2.32 bits per heavy atom. The number of fused-ring (bicyclic) bond motifs is 2. The van der Waals surface area contributed by atoms with Gasteiger partial charge in [-0.1, -0.05) is 0 Å².